The molecule has 1 aliphatic rings. The van der Waals surface area contributed by atoms with Gasteiger partial charge < -0.3 is 15.2 Å². The van der Waals surface area contributed by atoms with Crippen LogP contribution < -0.4 is 5.32 Å². The van der Waals surface area contributed by atoms with Crippen LogP contribution in [0.3, 0.4) is 0 Å². The summed E-state index contributed by atoms with van der Waals surface area (Å²) >= 11 is 0. The van der Waals surface area contributed by atoms with Crippen molar-refractivity contribution in [3.8, 4) is 0 Å². The van der Waals surface area contributed by atoms with Crippen LogP contribution in [-0.4, -0.2) is 43.2 Å². The van der Waals surface area contributed by atoms with E-state index in [0.29, 0.717) is 5.92 Å². The molecule has 1 fully saturated rings. The standard InChI is InChI=1S/C13H23NO4/c1-9(16)12(7-15)14-13(17)11-5-3-10(4-6-11)8-18-2/h10-12,15H,3-8H2,1-2H3,(H,14,17)/t10?,11?,12-/m0/s1. The van der Waals surface area contributed by atoms with Crippen molar-refractivity contribution in [2.24, 2.45) is 11.8 Å². The van der Waals surface area contributed by atoms with Crippen LogP contribution in [0.5, 0.6) is 0 Å². The number of aliphatic hydroxyl groups excluding tert-OH is 1. The molecule has 1 atom stereocenters. The van der Waals surface area contributed by atoms with Gasteiger partial charge in [0.05, 0.1) is 6.61 Å². The fourth-order valence-electron chi connectivity index (χ4n) is 2.39. The molecule has 5 heteroatoms. The van der Waals surface area contributed by atoms with Gasteiger partial charge >= 0.3 is 0 Å². The fourth-order valence-corrected chi connectivity index (χ4v) is 2.39. The van der Waals surface area contributed by atoms with E-state index in [1.807, 2.05) is 0 Å². The molecule has 104 valence electrons. The first-order chi connectivity index (χ1) is 8.58. The van der Waals surface area contributed by atoms with Crippen molar-refractivity contribution in [3.63, 3.8) is 0 Å². The summed E-state index contributed by atoms with van der Waals surface area (Å²) in [5, 5.41) is 11.6. The van der Waals surface area contributed by atoms with E-state index in [1.165, 1.54) is 6.92 Å². The molecule has 1 aliphatic carbocycles. The lowest BCUT2D eigenvalue weighted by molar-refractivity contribution is -0.131. The van der Waals surface area contributed by atoms with Gasteiger partial charge in [0.25, 0.3) is 0 Å². The number of methoxy groups -OCH3 is 1. The van der Waals surface area contributed by atoms with Gasteiger partial charge in [0.15, 0.2) is 5.78 Å². The van der Waals surface area contributed by atoms with Crippen LogP contribution in [0.2, 0.25) is 0 Å². The van der Waals surface area contributed by atoms with Gasteiger partial charge in [0.2, 0.25) is 5.91 Å². The van der Waals surface area contributed by atoms with Gasteiger partial charge in [-0.3, -0.25) is 9.59 Å². The van der Waals surface area contributed by atoms with E-state index in [4.69, 9.17) is 9.84 Å². The highest BCUT2D eigenvalue weighted by molar-refractivity contribution is 5.88. The summed E-state index contributed by atoms with van der Waals surface area (Å²) in [6, 6.07) is -0.755. The second kappa shape index (κ2) is 7.48. The van der Waals surface area contributed by atoms with Crippen LogP contribution in [0, 0.1) is 11.8 Å². The Morgan fingerprint density at radius 2 is 1.94 bits per heavy atom. The number of aliphatic hydroxyl groups is 1. The van der Waals surface area contributed by atoms with Crippen LogP contribution in [-0.2, 0) is 14.3 Å². The Labute approximate surface area is 108 Å². The number of carbonyl (C=O) groups excluding carboxylic acids is 2. The van der Waals surface area contributed by atoms with E-state index >= 15 is 0 Å². The van der Waals surface area contributed by atoms with E-state index < -0.39 is 6.04 Å². The lowest BCUT2D eigenvalue weighted by atomic mass is 9.82. The zero-order valence-corrected chi connectivity index (χ0v) is 11.1. The SMILES string of the molecule is COCC1CCC(C(=O)N[C@@H](CO)C(C)=O)CC1. The first-order valence-corrected chi connectivity index (χ1v) is 6.49. The molecule has 0 bridgehead atoms. The fraction of sp³-hybridized carbons (Fsp3) is 0.846. The van der Waals surface area contributed by atoms with Gasteiger partial charge in [-0.25, -0.2) is 0 Å². The molecule has 0 heterocycles. The maximum absolute atomic E-state index is 11.9. The second-order valence-corrected chi connectivity index (χ2v) is 5.03. The average Bonchev–Trinajstić information content (AvgIpc) is 2.36. The van der Waals surface area contributed by atoms with Crippen molar-refractivity contribution in [3.05, 3.63) is 0 Å². The Kier molecular flexibility index (Phi) is 6.29. The summed E-state index contributed by atoms with van der Waals surface area (Å²) in [5.74, 6) is 0.186. The van der Waals surface area contributed by atoms with Crippen molar-refractivity contribution < 1.29 is 19.4 Å². The monoisotopic (exact) mass is 257 g/mol. The molecule has 18 heavy (non-hydrogen) atoms. The average molecular weight is 257 g/mol. The van der Waals surface area contributed by atoms with Gasteiger partial charge in [-0.2, -0.15) is 0 Å². The Hall–Kier alpha value is -0.940. The summed E-state index contributed by atoms with van der Waals surface area (Å²) < 4.78 is 5.11. The zero-order valence-electron chi connectivity index (χ0n) is 11.1. The van der Waals surface area contributed by atoms with Crippen LogP contribution >= 0.6 is 0 Å². The van der Waals surface area contributed by atoms with Gasteiger partial charge in [-0.15, -0.1) is 0 Å². The maximum Gasteiger partial charge on any atom is 0.223 e. The number of amides is 1. The van der Waals surface area contributed by atoms with Crippen molar-refractivity contribution in [1.82, 2.24) is 5.32 Å². The minimum Gasteiger partial charge on any atom is -0.394 e. The molecule has 0 saturated heterocycles. The zero-order chi connectivity index (χ0) is 13.5. The summed E-state index contributed by atoms with van der Waals surface area (Å²) in [5.41, 5.74) is 0. The number of Topliss-reactive ketones (excluding diaryl/α,β-unsaturated/α-hetero) is 1. The minimum atomic E-state index is -0.755. The molecule has 1 saturated carbocycles. The van der Waals surface area contributed by atoms with Crippen LogP contribution in [0.25, 0.3) is 0 Å². The summed E-state index contributed by atoms with van der Waals surface area (Å²) in [6.45, 7) is 1.79. The molecule has 1 amide bonds. The predicted octanol–water partition coefficient (Wildman–Crippen LogP) is 0.505. The highest BCUT2D eigenvalue weighted by Gasteiger charge is 2.28. The Morgan fingerprint density at radius 1 is 1.33 bits per heavy atom. The molecule has 1 rings (SSSR count). The van der Waals surface area contributed by atoms with Crippen molar-refractivity contribution in [1.29, 1.82) is 0 Å². The topological polar surface area (TPSA) is 75.6 Å². The molecular formula is C13H23NO4. The van der Waals surface area contributed by atoms with Crippen LogP contribution in [0.1, 0.15) is 32.6 Å². The highest BCUT2D eigenvalue weighted by atomic mass is 16.5. The third kappa shape index (κ3) is 4.38. The number of carbonyl (C=O) groups is 2. The number of rotatable bonds is 6. The van der Waals surface area contributed by atoms with E-state index in [1.54, 1.807) is 7.11 Å². The molecule has 0 unspecified atom stereocenters. The number of hydrogen-bond donors (Lipinski definition) is 2. The van der Waals surface area contributed by atoms with Gasteiger partial charge in [-0.1, -0.05) is 0 Å². The number of hydrogen-bond acceptors (Lipinski definition) is 4. The normalized spacial score (nSPS) is 25.5. The molecule has 2 N–H and O–H groups in total. The molecule has 0 radical (unpaired) electrons. The summed E-state index contributed by atoms with van der Waals surface area (Å²) in [4.78, 5) is 23.1. The molecule has 5 nitrogen and oxygen atoms in total. The first kappa shape index (κ1) is 15.1. The third-order valence-corrected chi connectivity index (χ3v) is 3.61. The molecule has 0 aromatic heterocycles. The lowest BCUT2D eigenvalue weighted by Crippen LogP contribution is -2.45. The quantitative estimate of drug-likeness (QED) is 0.727. The van der Waals surface area contributed by atoms with E-state index in [0.717, 1.165) is 32.3 Å². The van der Waals surface area contributed by atoms with E-state index in [9.17, 15) is 9.59 Å². The smallest absolute Gasteiger partial charge is 0.223 e. The second-order valence-electron chi connectivity index (χ2n) is 5.03. The Balaban J connectivity index is 2.38. The first-order valence-electron chi connectivity index (χ1n) is 6.49. The largest absolute Gasteiger partial charge is 0.394 e. The van der Waals surface area contributed by atoms with Crippen molar-refractivity contribution >= 4 is 11.7 Å². The number of nitrogens with one attached hydrogen (secondary N) is 1. The van der Waals surface area contributed by atoms with Gasteiger partial charge in [0, 0.05) is 19.6 Å². The van der Waals surface area contributed by atoms with E-state index in [2.05, 4.69) is 5.32 Å². The molecular weight excluding hydrogens is 234 g/mol. The van der Waals surface area contributed by atoms with Crippen LogP contribution in [0.4, 0.5) is 0 Å². The molecule has 0 aromatic rings. The van der Waals surface area contributed by atoms with Crippen LogP contribution in [0.15, 0.2) is 0 Å². The van der Waals surface area contributed by atoms with Gasteiger partial charge in [-0.05, 0) is 38.5 Å². The molecule has 0 aromatic carbocycles. The maximum atomic E-state index is 11.9. The highest BCUT2D eigenvalue weighted by Crippen LogP contribution is 2.29. The minimum absolute atomic E-state index is 0.0356. The van der Waals surface area contributed by atoms with Crippen molar-refractivity contribution in [2.45, 2.75) is 38.6 Å². The van der Waals surface area contributed by atoms with Gasteiger partial charge in [0.1, 0.15) is 6.04 Å². The predicted molar refractivity (Wildman–Crippen MR) is 67.0 cm³/mol. The van der Waals surface area contributed by atoms with E-state index in [-0.39, 0.29) is 24.2 Å². The molecule has 0 spiro atoms. The number of ketones is 1. The third-order valence-electron chi connectivity index (χ3n) is 3.61. The number of ether oxygens (including phenoxy) is 1. The Morgan fingerprint density at radius 3 is 2.39 bits per heavy atom. The lowest BCUT2D eigenvalue weighted by Gasteiger charge is -2.28. The molecule has 0 aliphatic heterocycles. The Bertz CT molecular complexity index is 285. The summed E-state index contributed by atoms with van der Waals surface area (Å²) in [7, 11) is 1.69. The summed E-state index contributed by atoms with van der Waals surface area (Å²) in [6.07, 6.45) is 3.62. The van der Waals surface area contributed by atoms with Crippen molar-refractivity contribution in [2.75, 3.05) is 20.3 Å².